The van der Waals surface area contributed by atoms with Crippen LogP contribution >= 0.6 is 0 Å². The fourth-order valence-corrected chi connectivity index (χ4v) is 1.95. The molecule has 1 unspecified atom stereocenters. The predicted octanol–water partition coefficient (Wildman–Crippen LogP) is -0.521. The Morgan fingerprint density at radius 2 is 2.11 bits per heavy atom. The van der Waals surface area contributed by atoms with Crippen molar-refractivity contribution in [1.29, 1.82) is 0 Å². The van der Waals surface area contributed by atoms with Gasteiger partial charge >= 0.3 is 12.0 Å². The Kier molecular flexibility index (Phi) is 5.87. The van der Waals surface area contributed by atoms with Crippen LogP contribution in [0, 0.1) is 0 Å². The number of rotatable bonds is 5. The maximum Gasteiger partial charge on any atom is 0.328 e. The molecule has 0 aromatic rings. The van der Waals surface area contributed by atoms with Crippen LogP contribution in [0.25, 0.3) is 0 Å². The number of piperidine rings is 1. The van der Waals surface area contributed by atoms with Gasteiger partial charge in [0, 0.05) is 20.2 Å². The van der Waals surface area contributed by atoms with Gasteiger partial charge in [0.2, 0.25) is 0 Å². The highest BCUT2D eigenvalue weighted by molar-refractivity contribution is 5.82. The van der Waals surface area contributed by atoms with Gasteiger partial charge in [-0.05, 0) is 25.9 Å². The fourth-order valence-electron chi connectivity index (χ4n) is 1.95. The van der Waals surface area contributed by atoms with E-state index in [0.29, 0.717) is 0 Å². The Balaban J connectivity index is 2.48. The first-order valence-electron chi connectivity index (χ1n) is 6.02. The van der Waals surface area contributed by atoms with E-state index in [0.717, 1.165) is 25.9 Å². The van der Waals surface area contributed by atoms with E-state index in [2.05, 4.69) is 10.6 Å². The van der Waals surface area contributed by atoms with Crippen molar-refractivity contribution < 1.29 is 19.4 Å². The van der Waals surface area contributed by atoms with E-state index in [9.17, 15) is 9.59 Å². The SMILES string of the molecule is COCC(NC(=O)N(C)C1CCNCC1)C(=O)O. The van der Waals surface area contributed by atoms with Crippen LogP contribution in [-0.4, -0.2) is 67.9 Å². The fraction of sp³-hybridized carbons (Fsp3) is 0.818. The third kappa shape index (κ3) is 4.15. The van der Waals surface area contributed by atoms with Crippen LogP contribution in [0.5, 0.6) is 0 Å². The van der Waals surface area contributed by atoms with Gasteiger partial charge in [-0.1, -0.05) is 0 Å². The smallest absolute Gasteiger partial charge is 0.328 e. The Hall–Kier alpha value is -1.34. The van der Waals surface area contributed by atoms with Crippen molar-refractivity contribution >= 4 is 12.0 Å². The minimum absolute atomic E-state index is 0.0405. The molecule has 7 nitrogen and oxygen atoms in total. The molecule has 0 radical (unpaired) electrons. The second-order valence-electron chi connectivity index (χ2n) is 4.39. The average molecular weight is 259 g/mol. The number of hydrogen-bond acceptors (Lipinski definition) is 4. The van der Waals surface area contributed by atoms with Crippen molar-refractivity contribution in [3.63, 3.8) is 0 Å². The number of nitrogens with one attached hydrogen (secondary N) is 2. The first-order valence-corrected chi connectivity index (χ1v) is 6.02. The van der Waals surface area contributed by atoms with Crippen molar-refractivity contribution in [1.82, 2.24) is 15.5 Å². The number of carboxylic acid groups (broad SMARTS) is 1. The molecule has 1 atom stereocenters. The Morgan fingerprint density at radius 1 is 1.50 bits per heavy atom. The third-order valence-corrected chi connectivity index (χ3v) is 3.11. The van der Waals surface area contributed by atoms with Crippen LogP contribution in [0.2, 0.25) is 0 Å². The lowest BCUT2D eigenvalue weighted by molar-refractivity contribution is -0.140. The molecule has 3 N–H and O–H groups in total. The summed E-state index contributed by atoms with van der Waals surface area (Å²) < 4.78 is 4.77. The molecule has 1 fully saturated rings. The second kappa shape index (κ2) is 7.17. The molecular formula is C11H21N3O4. The first-order chi connectivity index (χ1) is 8.56. The van der Waals surface area contributed by atoms with Gasteiger partial charge in [-0.2, -0.15) is 0 Å². The minimum atomic E-state index is -1.09. The van der Waals surface area contributed by atoms with Gasteiger partial charge < -0.3 is 25.4 Å². The number of ether oxygens (including phenoxy) is 1. The number of hydrogen-bond donors (Lipinski definition) is 3. The molecule has 1 rings (SSSR count). The van der Waals surface area contributed by atoms with E-state index < -0.39 is 12.0 Å². The second-order valence-corrected chi connectivity index (χ2v) is 4.39. The van der Waals surface area contributed by atoms with Crippen molar-refractivity contribution in [2.45, 2.75) is 24.9 Å². The molecule has 104 valence electrons. The maximum atomic E-state index is 11.9. The number of nitrogens with zero attached hydrogens (tertiary/aromatic N) is 1. The molecule has 0 bridgehead atoms. The molecule has 0 spiro atoms. The third-order valence-electron chi connectivity index (χ3n) is 3.11. The summed E-state index contributed by atoms with van der Waals surface area (Å²) in [7, 11) is 3.09. The summed E-state index contributed by atoms with van der Waals surface area (Å²) in [5.41, 5.74) is 0. The summed E-state index contributed by atoms with van der Waals surface area (Å²) in [6, 6.07) is -1.22. The van der Waals surface area contributed by atoms with E-state index in [1.54, 1.807) is 11.9 Å². The van der Waals surface area contributed by atoms with Crippen LogP contribution in [0.4, 0.5) is 4.79 Å². The first kappa shape index (κ1) is 14.7. The summed E-state index contributed by atoms with van der Waals surface area (Å²) in [6.45, 7) is 1.71. The zero-order chi connectivity index (χ0) is 13.5. The summed E-state index contributed by atoms with van der Waals surface area (Å²) >= 11 is 0. The topological polar surface area (TPSA) is 90.9 Å². The van der Waals surface area contributed by atoms with Gasteiger partial charge in [0.05, 0.1) is 6.61 Å². The largest absolute Gasteiger partial charge is 0.480 e. The highest BCUT2D eigenvalue weighted by atomic mass is 16.5. The molecule has 18 heavy (non-hydrogen) atoms. The van der Waals surface area contributed by atoms with Crippen molar-refractivity contribution in [3.8, 4) is 0 Å². The summed E-state index contributed by atoms with van der Waals surface area (Å²) in [5.74, 6) is -1.09. The quantitative estimate of drug-likeness (QED) is 0.618. The van der Waals surface area contributed by atoms with Gasteiger partial charge in [0.25, 0.3) is 0 Å². The monoisotopic (exact) mass is 259 g/mol. The lowest BCUT2D eigenvalue weighted by Gasteiger charge is -2.32. The van der Waals surface area contributed by atoms with Crippen LogP contribution in [0.15, 0.2) is 0 Å². The molecular weight excluding hydrogens is 238 g/mol. The molecule has 1 aliphatic rings. The number of amides is 2. The Bertz CT molecular complexity index is 292. The molecule has 2 amide bonds. The van der Waals surface area contributed by atoms with E-state index in [-0.39, 0.29) is 18.7 Å². The number of urea groups is 1. The molecule has 7 heteroatoms. The number of carbonyl (C=O) groups excluding carboxylic acids is 1. The van der Waals surface area contributed by atoms with Crippen LogP contribution in [0.1, 0.15) is 12.8 Å². The Labute approximate surface area is 106 Å². The minimum Gasteiger partial charge on any atom is -0.480 e. The van der Waals surface area contributed by atoms with Crippen LogP contribution in [0.3, 0.4) is 0 Å². The molecule has 0 aliphatic carbocycles. The predicted molar refractivity (Wildman–Crippen MR) is 65.5 cm³/mol. The summed E-state index contributed by atoms with van der Waals surface area (Å²) in [5, 5.41) is 14.6. The standard InChI is InChI=1S/C11H21N3O4/c1-14(8-3-5-12-6-4-8)11(17)13-9(7-18-2)10(15)16/h8-9,12H,3-7H2,1-2H3,(H,13,17)(H,15,16). The van der Waals surface area contributed by atoms with Crippen LogP contribution < -0.4 is 10.6 Å². The number of methoxy groups -OCH3 is 1. The van der Waals surface area contributed by atoms with Gasteiger partial charge in [-0.25, -0.2) is 9.59 Å². The van der Waals surface area contributed by atoms with E-state index in [1.165, 1.54) is 7.11 Å². The average Bonchev–Trinajstić information content (AvgIpc) is 2.38. The highest BCUT2D eigenvalue weighted by Crippen LogP contribution is 2.09. The van der Waals surface area contributed by atoms with Gasteiger partial charge in [-0.15, -0.1) is 0 Å². The van der Waals surface area contributed by atoms with Gasteiger partial charge in [-0.3, -0.25) is 0 Å². The van der Waals surface area contributed by atoms with E-state index in [4.69, 9.17) is 9.84 Å². The molecule has 1 aliphatic heterocycles. The molecule has 0 saturated carbocycles. The number of carbonyl (C=O) groups is 2. The maximum absolute atomic E-state index is 11.9. The van der Waals surface area contributed by atoms with Crippen molar-refractivity contribution in [2.75, 3.05) is 33.9 Å². The number of carboxylic acids is 1. The zero-order valence-corrected chi connectivity index (χ0v) is 10.8. The van der Waals surface area contributed by atoms with Gasteiger partial charge in [0.15, 0.2) is 6.04 Å². The lowest BCUT2D eigenvalue weighted by atomic mass is 10.1. The van der Waals surface area contributed by atoms with E-state index >= 15 is 0 Å². The molecule has 1 saturated heterocycles. The lowest BCUT2D eigenvalue weighted by Crippen LogP contribution is -2.53. The Morgan fingerprint density at radius 3 is 2.61 bits per heavy atom. The molecule has 0 aromatic heterocycles. The number of aliphatic carboxylic acids is 1. The van der Waals surface area contributed by atoms with Crippen molar-refractivity contribution in [2.24, 2.45) is 0 Å². The highest BCUT2D eigenvalue weighted by Gasteiger charge is 2.26. The van der Waals surface area contributed by atoms with Crippen LogP contribution in [-0.2, 0) is 9.53 Å². The summed E-state index contributed by atoms with van der Waals surface area (Å²) in [6.07, 6.45) is 1.76. The van der Waals surface area contributed by atoms with Gasteiger partial charge in [0.1, 0.15) is 0 Å². The molecule has 0 aromatic carbocycles. The van der Waals surface area contributed by atoms with Crippen molar-refractivity contribution in [3.05, 3.63) is 0 Å². The normalized spacial score (nSPS) is 18.1. The van der Waals surface area contributed by atoms with E-state index in [1.807, 2.05) is 0 Å². The zero-order valence-electron chi connectivity index (χ0n) is 10.8. The summed E-state index contributed by atoms with van der Waals surface area (Å²) in [4.78, 5) is 24.4. The molecule has 1 heterocycles.